The van der Waals surface area contributed by atoms with Crippen molar-refractivity contribution in [1.29, 1.82) is 0 Å². The number of amides is 1. The topological polar surface area (TPSA) is 84.9 Å². The van der Waals surface area contributed by atoms with Gasteiger partial charge >= 0.3 is 0 Å². The van der Waals surface area contributed by atoms with Gasteiger partial charge in [-0.3, -0.25) is 14.1 Å². The molecule has 1 saturated carbocycles. The third kappa shape index (κ3) is 2.56. The number of hydrogen-bond donors (Lipinski definition) is 2. The van der Waals surface area contributed by atoms with E-state index in [1.807, 2.05) is 18.2 Å². The molecule has 0 aromatic heterocycles. The largest absolute Gasteiger partial charge is 0.496 e. The van der Waals surface area contributed by atoms with Crippen molar-refractivity contribution in [3.05, 3.63) is 29.3 Å². The Bertz CT molecular complexity index is 595. The molecule has 2 N–H and O–H groups in total. The standard InChI is InChI=1S/C14H17NO5S/c1-19-12-3-2-9(10-7-20-8-10)6-11(12)14(4-5-14)13(16)15-21(17)18/h2-3,6,10H,4-5,7-8H2,1H3,(H,15,16)(H,17,18). The van der Waals surface area contributed by atoms with Crippen LogP contribution >= 0.6 is 0 Å². The molecular weight excluding hydrogens is 294 g/mol. The second kappa shape index (κ2) is 5.40. The van der Waals surface area contributed by atoms with E-state index in [1.54, 1.807) is 7.11 Å². The van der Waals surface area contributed by atoms with E-state index in [9.17, 15) is 9.00 Å². The van der Waals surface area contributed by atoms with Gasteiger partial charge in [0.15, 0.2) is 0 Å². The Morgan fingerprint density at radius 2 is 2.19 bits per heavy atom. The lowest BCUT2D eigenvalue weighted by atomic mass is 9.88. The number of benzene rings is 1. The highest BCUT2D eigenvalue weighted by Crippen LogP contribution is 2.52. The van der Waals surface area contributed by atoms with E-state index in [-0.39, 0.29) is 0 Å². The Morgan fingerprint density at radius 1 is 1.48 bits per heavy atom. The van der Waals surface area contributed by atoms with Gasteiger partial charge in [-0.05, 0) is 24.5 Å². The molecule has 1 saturated heterocycles. The van der Waals surface area contributed by atoms with Crippen LogP contribution in [-0.2, 0) is 26.2 Å². The predicted molar refractivity (Wildman–Crippen MR) is 76.4 cm³/mol. The smallest absolute Gasteiger partial charge is 0.261 e. The van der Waals surface area contributed by atoms with Gasteiger partial charge in [0, 0.05) is 11.5 Å². The van der Waals surface area contributed by atoms with E-state index >= 15 is 0 Å². The lowest BCUT2D eigenvalue weighted by Crippen LogP contribution is -2.36. The van der Waals surface area contributed by atoms with Gasteiger partial charge < -0.3 is 9.47 Å². The number of carbonyl (C=O) groups excluding carboxylic acids is 1. The summed E-state index contributed by atoms with van der Waals surface area (Å²) in [5.41, 5.74) is 1.16. The molecule has 21 heavy (non-hydrogen) atoms. The number of ether oxygens (including phenoxy) is 2. The van der Waals surface area contributed by atoms with Crippen LogP contribution in [0.25, 0.3) is 0 Å². The van der Waals surface area contributed by atoms with Crippen LogP contribution in [0.2, 0.25) is 0 Å². The zero-order chi connectivity index (χ0) is 15.0. The molecule has 1 amide bonds. The lowest BCUT2D eigenvalue weighted by Gasteiger charge is -2.28. The maximum Gasteiger partial charge on any atom is 0.261 e. The second-order valence-corrected chi connectivity index (χ2v) is 6.16. The quantitative estimate of drug-likeness (QED) is 0.795. The summed E-state index contributed by atoms with van der Waals surface area (Å²) in [6.45, 7) is 1.37. The van der Waals surface area contributed by atoms with E-state index < -0.39 is 22.6 Å². The van der Waals surface area contributed by atoms with E-state index in [2.05, 4.69) is 4.72 Å². The molecule has 1 atom stereocenters. The Morgan fingerprint density at radius 3 is 2.67 bits per heavy atom. The highest BCUT2D eigenvalue weighted by Gasteiger charge is 2.53. The summed E-state index contributed by atoms with van der Waals surface area (Å²) >= 11 is -2.35. The van der Waals surface area contributed by atoms with Gasteiger partial charge in [0.25, 0.3) is 11.3 Å². The fourth-order valence-corrected chi connectivity index (χ4v) is 3.06. The van der Waals surface area contributed by atoms with Gasteiger partial charge in [0.1, 0.15) is 5.75 Å². The molecule has 7 heteroatoms. The van der Waals surface area contributed by atoms with Gasteiger partial charge in [-0.2, -0.15) is 0 Å². The Hall–Kier alpha value is -1.44. The second-order valence-electron chi connectivity index (χ2n) is 5.46. The van der Waals surface area contributed by atoms with Gasteiger partial charge in [0.05, 0.1) is 25.7 Å². The number of nitrogens with one attached hydrogen (secondary N) is 1. The maximum absolute atomic E-state index is 12.2. The van der Waals surface area contributed by atoms with Crippen molar-refractivity contribution in [2.45, 2.75) is 24.2 Å². The van der Waals surface area contributed by atoms with Crippen LogP contribution in [0.4, 0.5) is 0 Å². The highest BCUT2D eigenvalue weighted by atomic mass is 32.2. The molecule has 1 heterocycles. The minimum Gasteiger partial charge on any atom is -0.496 e. The normalized spacial score (nSPS) is 21.2. The fraction of sp³-hybridized carbons (Fsp3) is 0.500. The van der Waals surface area contributed by atoms with Crippen LogP contribution in [0.1, 0.15) is 29.9 Å². The zero-order valence-corrected chi connectivity index (χ0v) is 12.4. The molecule has 114 valence electrons. The van der Waals surface area contributed by atoms with E-state index in [0.717, 1.165) is 11.1 Å². The summed E-state index contributed by atoms with van der Waals surface area (Å²) in [4.78, 5) is 12.2. The first-order valence-corrected chi connectivity index (χ1v) is 7.85. The summed E-state index contributed by atoms with van der Waals surface area (Å²) in [6.07, 6.45) is 1.30. The van der Waals surface area contributed by atoms with Gasteiger partial charge in [-0.25, -0.2) is 4.21 Å². The van der Waals surface area contributed by atoms with Crippen molar-refractivity contribution in [2.24, 2.45) is 0 Å². The molecule has 0 spiro atoms. The first kappa shape index (κ1) is 14.5. The SMILES string of the molecule is COc1ccc(C2COC2)cc1C1(C(=O)NS(=O)O)CC1. The van der Waals surface area contributed by atoms with Crippen LogP contribution in [-0.4, -0.2) is 35.0 Å². The zero-order valence-electron chi connectivity index (χ0n) is 11.6. The third-order valence-electron chi connectivity index (χ3n) is 4.21. The lowest BCUT2D eigenvalue weighted by molar-refractivity contribution is -0.121. The molecule has 6 nitrogen and oxygen atoms in total. The predicted octanol–water partition coefficient (Wildman–Crippen LogP) is 1.09. The highest BCUT2D eigenvalue weighted by molar-refractivity contribution is 7.77. The van der Waals surface area contributed by atoms with Crippen molar-refractivity contribution in [2.75, 3.05) is 20.3 Å². The Balaban J connectivity index is 1.95. The van der Waals surface area contributed by atoms with Crippen LogP contribution in [0.3, 0.4) is 0 Å². The van der Waals surface area contributed by atoms with Crippen molar-refractivity contribution in [1.82, 2.24) is 4.72 Å². The monoisotopic (exact) mass is 311 g/mol. The molecule has 1 aromatic rings. The molecule has 1 unspecified atom stereocenters. The van der Waals surface area contributed by atoms with E-state index in [0.29, 0.717) is 37.7 Å². The minimum absolute atomic E-state index is 0.348. The first-order chi connectivity index (χ1) is 10.1. The third-order valence-corrected chi connectivity index (χ3v) is 4.57. The maximum atomic E-state index is 12.2. The Kier molecular flexibility index (Phi) is 3.73. The van der Waals surface area contributed by atoms with Crippen molar-refractivity contribution < 1.29 is 23.0 Å². The molecule has 2 aliphatic rings. The first-order valence-electron chi connectivity index (χ1n) is 6.75. The molecule has 1 aliphatic carbocycles. The Labute approximate surface area is 125 Å². The molecule has 3 rings (SSSR count). The molecule has 1 aliphatic heterocycles. The average Bonchev–Trinajstić information content (AvgIpc) is 3.17. The van der Waals surface area contributed by atoms with Crippen molar-refractivity contribution in [3.63, 3.8) is 0 Å². The molecule has 0 radical (unpaired) electrons. The number of carbonyl (C=O) groups is 1. The summed E-state index contributed by atoms with van der Waals surface area (Å²) in [7, 11) is 1.56. The van der Waals surface area contributed by atoms with Gasteiger partial charge in [-0.15, -0.1) is 0 Å². The number of rotatable bonds is 5. The average molecular weight is 311 g/mol. The van der Waals surface area contributed by atoms with Crippen LogP contribution in [0.5, 0.6) is 5.75 Å². The van der Waals surface area contributed by atoms with Crippen LogP contribution in [0, 0.1) is 0 Å². The van der Waals surface area contributed by atoms with Crippen LogP contribution in [0.15, 0.2) is 18.2 Å². The van der Waals surface area contributed by atoms with Gasteiger partial charge in [0.2, 0.25) is 5.91 Å². The summed E-state index contributed by atoms with van der Waals surface area (Å²) in [6, 6.07) is 5.80. The number of hydrogen-bond acceptors (Lipinski definition) is 4. The summed E-state index contributed by atoms with van der Waals surface area (Å²) in [5, 5.41) is 0. The van der Waals surface area contributed by atoms with Gasteiger partial charge in [-0.1, -0.05) is 12.1 Å². The minimum atomic E-state index is -2.35. The van der Waals surface area contributed by atoms with Crippen molar-refractivity contribution >= 4 is 17.2 Å². The van der Waals surface area contributed by atoms with Crippen LogP contribution < -0.4 is 9.46 Å². The number of methoxy groups -OCH3 is 1. The van der Waals surface area contributed by atoms with E-state index in [4.69, 9.17) is 14.0 Å². The van der Waals surface area contributed by atoms with Crippen molar-refractivity contribution in [3.8, 4) is 5.75 Å². The summed E-state index contributed by atoms with van der Waals surface area (Å²) in [5.74, 6) is 0.555. The van der Waals surface area contributed by atoms with E-state index in [1.165, 1.54) is 0 Å². The molecule has 0 bridgehead atoms. The fourth-order valence-electron chi connectivity index (χ4n) is 2.70. The summed E-state index contributed by atoms with van der Waals surface area (Å²) < 4.78 is 32.3. The molecular formula is C14H17NO5S. The molecule has 1 aromatic carbocycles. The molecule has 2 fully saturated rings.